The van der Waals surface area contributed by atoms with Gasteiger partial charge in [-0.2, -0.15) is 5.10 Å². The fourth-order valence-electron chi connectivity index (χ4n) is 2.77. The van der Waals surface area contributed by atoms with Gasteiger partial charge in [0.15, 0.2) is 0 Å². The third-order valence-electron chi connectivity index (χ3n) is 4.26. The molecular weight excluding hydrogens is 298 g/mol. The van der Waals surface area contributed by atoms with Crippen LogP contribution in [-0.4, -0.2) is 16.8 Å². The van der Waals surface area contributed by atoms with Gasteiger partial charge >= 0.3 is 0 Å². The van der Waals surface area contributed by atoms with E-state index in [4.69, 9.17) is 10.5 Å². The Hall–Kier alpha value is -2.33. The van der Waals surface area contributed by atoms with Crippen LogP contribution in [0.15, 0.2) is 42.6 Å². The normalized spacial score (nSPS) is 11.8. The first-order valence-electron chi connectivity index (χ1n) is 8.49. The Morgan fingerprint density at radius 1 is 1.12 bits per heavy atom. The number of rotatable bonds is 6. The minimum Gasteiger partial charge on any atom is -0.492 e. The molecule has 3 N–H and O–H groups in total. The molecule has 0 saturated heterocycles. The predicted octanol–water partition coefficient (Wildman–Crippen LogP) is 4.60. The first-order chi connectivity index (χ1) is 11.5. The van der Waals surface area contributed by atoms with Gasteiger partial charge in [0.25, 0.3) is 0 Å². The molecule has 0 aliphatic rings. The lowest BCUT2D eigenvalue weighted by Crippen LogP contribution is -2.28. The van der Waals surface area contributed by atoms with Gasteiger partial charge < -0.3 is 10.5 Å². The molecule has 0 aliphatic carbocycles. The van der Waals surface area contributed by atoms with Crippen molar-refractivity contribution in [3.63, 3.8) is 0 Å². The standard InChI is InChI=1S/C20H25N3O/c1-4-5-12-24-19-16(10-11-18-17(19)13-22-23-18)14-6-8-15(9-7-14)20(2,3)21/h6-11,13H,4-5,12,21H2,1-3H3,(H,22,23). The van der Waals surface area contributed by atoms with E-state index in [0.717, 1.165) is 46.2 Å². The fraction of sp³-hybridized carbons (Fsp3) is 0.350. The van der Waals surface area contributed by atoms with Gasteiger partial charge in [0.1, 0.15) is 5.75 Å². The molecule has 126 valence electrons. The van der Waals surface area contributed by atoms with E-state index < -0.39 is 0 Å². The number of aromatic amines is 1. The third-order valence-corrected chi connectivity index (χ3v) is 4.26. The van der Waals surface area contributed by atoms with Crippen LogP contribution in [0.3, 0.4) is 0 Å². The van der Waals surface area contributed by atoms with Gasteiger partial charge in [-0.1, -0.05) is 37.6 Å². The second kappa shape index (κ2) is 6.65. The minimum atomic E-state index is -0.340. The molecule has 1 heterocycles. The average Bonchev–Trinajstić information content (AvgIpc) is 3.03. The van der Waals surface area contributed by atoms with Crippen LogP contribution in [0.4, 0.5) is 0 Å². The molecule has 0 radical (unpaired) electrons. The second-order valence-corrected chi connectivity index (χ2v) is 6.77. The summed E-state index contributed by atoms with van der Waals surface area (Å²) in [5.74, 6) is 0.898. The summed E-state index contributed by atoms with van der Waals surface area (Å²) in [7, 11) is 0. The van der Waals surface area contributed by atoms with Crippen LogP contribution in [0, 0.1) is 0 Å². The monoisotopic (exact) mass is 323 g/mol. The highest BCUT2D eigenvalue weighted by Gasteiger charge is 2.16. The number of ether oxygens (including phenoxy) is 1. The molecule has 3 rings (SSSR count). The van der Waals surface area contributed by atoms with Crippen molar-refractivity contribution >= 4 is 10.9 Å². The van der Waals surface area contributed by atoms with Crippen LogP contribution in [0.5, 0.6) is 5.75 Å². The SMILES string of the molecule is CCCCOc1c(-c2ccc(C(C)(C)N)cc2)ccc2[nH]ncc12. The van der Waals surface area contributed by atoms with E-state index in [1.165, 1.54) is 0 Å². The fourth-order valence-corrected chi connectivity index (χ4v) is 2.77. The molecule has 0 aliphatic heterocycles. The van der Waals surface area contributed by atoms with Crippen molar-refractivity contribution in [3.05, 3.63) is 48.2 Å². The van der Waals surface area contributed by atoms with E-state index >= 15 is 0 Å². The predicted molar refractivity (Wildman–Crippen MR) is 99.1 cm³/mol. The summed E-state index contributed by atoms with van der Waals surface area (Å²) < 4.78 is 6.12. The molecule has 2 aromatic carbocycles. The molecule has 3 aromatic rings. The zero-order chi connectivity index (χ0) is 17.2. The van der Waals surface area contributed by atoms with Crippen molar-refractivity contribution < 1.29 is 4.74 Å². The molecule has 0 fully saturated rings. The van der Waals surface area contributed by atoms with Crippen molar-refractivity contribution in [2.45, 2.75) is 39.2 Å². The van der Waals surface area contributed by atoms with Crippen LogP contribution in [0.25, 0.3) is 22.0 Å². The molecular formula is C20H25N3O. The lowest BCUT2D eigenvalue weighted by molar-refractivity contribution is 0.314. The van der Waals surface area contributed by atoms with E-state index in [2.05, 4.69) is 47.5 Å². The number of H-pyrrole nitrogens is 1. The number of hydrogen-bond acceptors (Lipinski definition) is 3. The maximum Gasteiger partial charge on any atom is 0.138 e. The summed E-state index contributed by atoms with van der Waals surface area (Å²) in [4.78, 5) is 0. The van der Waals surface area contributed by atoms with Crippen LogP contribution in [-0.2, 0) is 5.54 Å². The van der Waals surface area contributed by atoms with Gasteiger partial charge in [-0.05, 0) is 43.5 Å². The first-order valence-corrected chi connectivity index (χ1v) is 8.49. The zero-order valence-corrected chi connectivity index (χ0v) is 14.6. The van der Waals surface area contributed by atoms with Gasteiger partial charge in [-0.15, -0.1) is 0 Å². The number of aromatic nitrogens is 2. The average molecular weight is 323 g/mol. The summed E-state index contributed by atoms with van der Waals surface area (Å²) in [6.45, 7) is 6.90. The van der Waals surface area contributed by atoms with E-state index in [1.54, 1.807) is 0 Å². The molecule has 0 amide bonds. The highest BCUT2D eigenvalue weighted by atomic mass is 16.5. The number of nitrogens with one attached hydrogen (secondary N) is 1. The number of nitrogens with zero attached hydrogens (tertiary/aromatic N) is 1. The van der Waals surface area contributed by atoms with E-state index in [-0.39, 0.29) is 5.54 Å². The molecule has 0 spiro atoms. The van der Waals surface area contributed by atoms with Crippen molar-refractivity contribution in [3.8, 4) is 16.9 Å². The molecule has 1 aromatic heterocycles. The molecule has 4 nitrogen and oxygen atoms in total. The molecule has 0 saturated carbocycles. The Morgan fingerprint density at radius 3 is 2.54 bits per heavy atom. The topological polar surface area (TPSA) is 63.9 Å². The third kappa shape index (κ3) is 3.29. The van der Waals surface area contributed by atoms with Crippen molar-refractivity contribution in [2.75, 3.05) is 6.61 Å². The highest BCUT2D eigenvalue weighted by Crippen LogP contribution is 2.37. The Balaban J connectivity index is 2.03. The van der Waals surface area contributed by atoms with Crippen molar-refractivity contribution in [2.24, 2.45) is 5.73 Å². The maximum atomic E-state index is 6.18. The Bertz CT molecular complexity index is 813. The summed E-state index contributed by atoms with van der Waals surface area (Å²) in [5.41, 5.74) is 10.2. The number of unbranched alkanes of at least 4 members (excludes halogenated alkanes) is 1. The number of fused-ring (bicyclic) bond motifs is 1. The van der Waals surface area contributed by atoms with E-state index in [0.29, 0.717) is 6.61 Å². The minimum absolute atomic E-state index is 0.340. The lowest BCUT2D eigenvalue weighted by atomic mass is 9.93. The summed E-state index contributed by atoms with van der Waals surface area (Å²) in [5, 5.41) is 8.18. The van der Waals surface area contributed by atoms with E-state index in [1.807, 2.05) is 26.1 Å². The van der Waals surface area contributed by atoms with Crippen LogP contribution >= 0.6 is 0 Å². The molecule has 0 bridgehead atoms. The Morgan fingerprint density at radius 2 is 1.88 bits per heavy atom. The first kappa shape index (κ1) is 16.5. The Kier molecular flexibility index (Phi) is 4.58. The number of nitrogens with two attached hydrogens (primary N) is 1. The van der Waals surface area contributed by atoms with Crippen molar-refractivity contribution in [1.29, 1.82) is 0 Å². The number of benzene rings is 2. The van der Waals surface area contributed by atoms with Gasteiger partial charge in [0, 0.05) is 11.1 Å². The van der Waals surface area contributed by atoms with Crippen LogP contribution in [0.2, 0.25) is 0 Å². The lowest BCUT2D eigenvalue weighted by Gasteiger charge is -2.20. The van der Waals surface area contributed by atoms with Gasteiger partial charge in [0.2, 0.25) is 0 Å². The summed E-state index contributed by atoms with van der Waals surface area (Å²) >= 11 is 0. The highest BCUT2D eigenvalue weighted by molar-refractivity contribution is 5.92. The van der Waals surface area contributed by atoms with Crippen molar-refractivity contribution in [1.82, 2.24) is 10.2 Å². The Labute approximate surface area is 143 Å². The quantitative estimate of drug-likeness (QED) is 0.651. The summed E-state index contributed by atoms with van der Waals surface area (Å²) in [6, 6.07) is 12.5. The zero-order valence-electron chi connectivity index (χ0n) is 14.6. The van der Waals surface area contributed by atoms with E-state index in [9.17, 15) is 0 Å². The van der Waals surface area contributed by atoms with Crippen LogP contribution in [0.1, 0.15) is 39.2 Å². The van der Waals surface area contributed by atoms with Crippen LogP contribution < -0.4 is 10.5 Å². The van der Waals surface area contributed by atoms with Gasteiger partial charge in [0.05, 0.1) is 23.7 Å². The number of hydrogen-bond donors (Lipinski definition) is 2. The molecule has 24 heavy (non-hydrogen) atoms. The molecule has 4 heteroatoms. The van der Waals surface area contributed by atoms with Gasteiger partial charge in [-0.3, -0.25) is 5.10 Å². The molecule has 0 atom stereocenters. The maximum absolute atomic E-state index is 6.18. The molecule has 0 unspecified atom stereocenters. The second-order valence-electron chi connectivity index (χ2n) is 6.77. The van der Waals surface area contributed by atoms with Gasteiger partial charge in [-0.25, -0.2) is 0 Å². The summed E-state index contributed by atoms with van der Waals surface area (Å²) in [6.07, 6.45) is 3.97. The largest absolute Gasteiger partial charge is 0.492 e. The smallest absolute Gasteiger partial charge is 0.138 e.